The average molecular weight is 334 g/mol. The number of ether oxygens (including phenoxy) is 1. The number of benzene rings is 1. The molecule has 0 bridgehead atoms. The molecule has 0 spiro atoms. The Labute approximate surface area is 172 Å². The van der Waals surface area contributed by atoms with Crippen LogP contribution in [0.15, 0.2) is 30.3 Å². The van der Waals surface area contributed by atoms with Crippen LogP contribution in [-0.4, -0.2) is 42.1 Å². The van der Waals surface area contributed by atoms with Gasteiger partial charge in [-0.2, -0.15) is 0 Å². The zero-order valence-corrected chi connectivity index (χ0v) is 15.7. The third-order valence-electron chi connectivity index (χ3n) is 2.82. The van der Waals surface area contributed by atoms with E-state index in [1.54, 1.807) is 12.1 Å². The number of rotatable bonds is 7. The van der Waals surface area contributed by atoms with Crippen LogP contribution >= 0.6 is 0 Å². The van der Waals surface area contributed by atoms with E-state index in [1.807, 2.05) is 18.2 Å². The van der Waals surface area contributed by atoms with Crippen LogP contribution in [0.25, 0.3) is 0 Å². The molecule has 4 N–H and O–H groups in total. The Balaban J connectivity index is 0. The Morgan fingerprint density at radius 1 is 1.32 bits per heavy atom. The number of amides is 1. The summed E-state index contributed by atoms with van der Waals surface area (Å²) in [5.74, 6) is -2.51. The van der Waals surface area contributed by atoms with Crippen molar-refractivity contribution < 1.29 is 77.0 Å². The van der Waals surface area contributed by atoms with Gasteiger partial charge in [-0.25, -0.2) is 4.79 Å². The number of aliphatic carboxylic acids is 1. The van der Waals surface area contributed by atoms with Crippen LogP contribution in [0.5, 0.6) is 0 Å². The third-order valence-corrected chi connectivity index (χ3v) is 2.82. The molecule has 0 fully saturated rings. The van der Waals surface area contributed by atoms with Crippen LogP contribution < -0.4 is 62.4 Å². The Kier molecular flexibility index (Phi) is 10.5. The van der Waals surface area contributed by atoms with E-state index in [9.17, 15) is 14.4 Å². The molecule has 2 unspecified atom stereocenters. The fraction of sp³-hybridized carbons (Fsp3) is 0.357. The van der Waals surface area contributed by atoms with Crippen molar-refractivity contribution in [2.75, 3.05) is 7.11 Å². The minimum atomic E-state index is -1.22. The number of hydrogen-bond donors (Lipinski definition) is 3. The van der Waals surface area contributed by atoms with E-state index in [0.717, 1.165) is 5.56 Å². The van der Waals surface area contributed by atoms with Crippen LogP contribution in [0.2, 0.25) is 0 Å². The van der Waals surface area contributed by atoms with E-state index in [2.05, 4.69) is 10.1 Å². The molecule has 0 aliphatic carbocycles. The SMILES string of the molecule is COC(=O)C(Cc1ccccc1)NC(=O)C(N)CC(=O)O.[H-].[K+]. The number of carbonyl (C=O) groups is 3. The largest absolute Gasteiger partial charge is 1.00 e. The van der Waals surface area contributed by atoms with Gasteiger partial charge >= 0.3 is 63.3 Å². The molecule has 1 aromatic carbocycles. The average Bonchev–Trinajstić information content (AvgIpc) is 2.46. The van der Waals surface area contributed by atoms with Gasteiger partial charge in [-0.15, -0.1) is 0 Å². The topological polar surface area (TPSA) is 119 Å². The predicted molar refractivity (Wildman–Crippen MR) is 75.4 cm³/mol. The number of nitrogens with two attached hydrogens (primary N) is 1. The zero-order chi connectivity index (χ0) is 15.8. The summed E-state index contributed by atoms with van der Waals surface area (Å²) in [5, 5.41) is 11.0. The van der Waals surface area contributed by atoms with Crippen LogP contribution in [0.4, 0.5) is 0 Å². The van der Waals surface area contributed by atoms with Crippen molar-refractivity contribution in [2.24, 2.45) is 5.73 Å². The zero-order valence-electron chi connectivity index (χ0n) is 13.6. The predicted octanol–water partition coefficient (Wildman–Crippen LogP) is -3.19. The smallest absolute Gasteiger partial charge is 1.00 e. The number of carbonyl (C=O) groups excluding carboxylic acids is 2. The first-order valence-electron chi connectivity index (χ1n) is 6.33. The molecule has 0 aliphatic heterocycles. The number of carboxylic acids is 1. The van der Waals surface area contributed by atoms with Gasteiger partial charge < -0.3 is 22.3 Å². The molecule has 0 saturated carbocycles. The van der Waals surface area contributed by atoms with Gasteiger partial charge in [0.05, 0.1) is 19.6 Å². The van der Waals surface area contributed by atoms with Crippen molar-refractivity contribution >= 4 is 17.8 Å². The molecule has 1 aromatic rings. The number of esters is 1. The maximum atomic E-state index is 11.8. The van der Waals surface area contributed by atoms with E-state index in [-0.39, 0.29) is 59.2 Å². The van der Waals surface area contributed by atoms with E-state index in [1.165, 1.54) is 7.11 Å². The number of methoxy groups -OCH3 is 1. The summed E-state index contributed by atoms with van der Waals surface area (Å²) >= 11 is 0. The molecule has 7 nitrogen and oxygen atoms in total. The summed E-state index contributed by atoms with van der Waals surface area (Å²) in [6.45, 7) is 0. The summed E-state index contributed by atoms with van der Waals surface area (Å²) in [6.07, 6.45) is -0.274. The molecule has 116 valence electrons. The molecule has 1 amide bonds. The second-order valence-corrected chi connectivity index (χ2v) is 4.48. The first-order chi connectivity index (χ1) is 9.93. The van der Waals surface area contributed by atoms with Gasteiger partial charge in [-0.1, -0.05) is 30.3 Å². The Morgan fingerprint density at radius 2 is 1.91 bits per heavy atom. The van der Waals surface area contributed by atoms with Gasteiger partial charge in [-0.05, 0) is 5.56 Å². The fourth-order valence-corrected chi connectivity index (χ4v) is 1.74. The third kappa shape index (κ3) is 7.48. The summed E-state index contributed by atoms with van der Waals surface area (Å²) in [4.78, 5) is 34.0. The molecular weight excluding hydrogens is 315 g/mol. The van der Waals surface area contributed by atoms with Crippen LogP contribution in [0.3, 0.4) is 0 Å². The minimum Gasteiger partial charge on any atom is -1.00 e. The van der Waals surface area contributed by atoms with Crippen molar-refractivity contribution in [2.45, 2.75) is 24.9 Å². The van der Waals surface area contributed by atoms with Gasteiger partial charge in [0.2, 0.25) is 5.91 Å². The quantitative estimate of drug-likeness (QED) is 0.357. The van der Waals surface area contributed by atoms with Crippen molar-refractivity contribution in [1.29, 1.82) is 0 Å². The molecule has 1 rings (SSSR count). The summed E-state index contributed by atoms with van der Waals surface area (Å²) in [5.41, 5.74) is 6.29. The molecule has 0 aromatic heterocycles. The molecule has 22 heavy (non-hydrogen) atoms. The van der Waals surface area contributed by atoms with Gasteiger partial charge in [0.1, 0.15) is 6.04 Å². The van der Waals surface area contributed by atoms with E-state index in [0.29, 0.717) is 0 Å². The molecule has 0 aliphatic rings. The molecular formula is C14H19KN2O5. The van der Waals surface area contributed by atoms with E-state index in [4.69, 9.17) is 10.8 Å². The fourth-order valence-electron chi connectivity index (χ4n) is 1.74. The molecule has 0 saturated heterocycles. The first-order valence-corrected chi connectivity index (χ1v) is 6.33. The van der Waals surface area contributed by atoms with Crippen molar-refractivity contribution in [3.8, 4) is 0 Å². The van der Waals surface area contributed by atoms with Crippen LogP contribution in [0, 0.1) is 0 Å². The number of carboxylic acid groups (broad SMARTS) is 1. The van der Waals surface area contributed by atoms with Crippen molar-refractivity contribution in [1.82, 2.24) is 5.32 Å². The molecule has 2 atom stereocenters. The second kappa shape index (κ2) is 10.9. The van der Waals surface area contributed by atoms with E-state index < -0.39 is 36.4 Å². The normalized spacial score (nSPS) is 12.5. The van der Waals surface area contributed by atoms with Crippen molar-refractivity contribution in [3.05, 3.63) is 35.9 Å². The maximum Gasteiger partial charge on any atom is 1.00 e. The molecule has 0 radical (unpaired) electrons. The molecule has 8 heteroatoms. The number of hydrogen-bond acceptors (Lipinski definition) is 5. The van der Waals surface area contributed by atoms with Gasteiger partial charge in [0.25, 0.3) is 0 Å². The Morgan fingerprint density at radius 3 is 2.41 bits per heavy atom. The Bertz CT molecular complexity index is 515. The second-order valence-electron chi connectivity index (χ2n) is 4.48. The molecule has 0 heterocycles. The van der Waals surface area contributed by atoms with Crippen molar-refractivity contribution in [3.63, 3.8) is 0 Å². The van der Waals surface area contributed by atoms with E-state index >= 15 is 0 Å². The summed E-state index contributed by atoms with van der Waals surface area (Å²) < 4.78 is 4.64. The summed E-state index contributed by atoms with van der Waals surface area (Å²) in [6, 6.07) is 6.93. The van der Waals surface area contributed by atoms with Crippen LogP contribution in [-0.2, 0) is 25.5 Å². The van der Waals surface area contributed by atoms with Crippen LogP contribution in [0.1, 0.15) is 13.4 Å². The maximum absolute atomic E-state index is 11.8. The standard InChI is InChI=1S/C14H18N2O5.K.H/c1-21-14(20)11(7-9-5-3-2-4-6-9)16-13(19)10(15)8-12(17)18;;/h2-6,10-11H,7-8,15H2,1H3,(H,16,19)(H,17,18);;/q;+1;-1. The minimum absolute atomic E-state index is 0. The van der Waals surface area contributed by atoms with Gasteiger partial charge in [0, 0.05) is 6.42 Å². The van der Waals surface area contributed by atoms with Gasteiger partial charge in [0.15, 0.2) is 0 Å². The summed E-state index contributed by atoms with van der Waals surface area (Å²) in [7, 11) is 1.21. The monoisotopic (exact) mass is 334 g/mol. The first kappa shape index (κ1) is 21.2. The Hall–Kier alpha value is -0.774. The number of nitrogens with one attached hydrogen (secondary N) is 1. The van der Waals surface area contributed by atoms with Gasteiger partial charge in [-0.3, -0.25) is 9.59 Å².